The lowest BCUT2D eigenvalue weighted by atomic mass is 10.1. The van der Waals surface area contributed by atoms with Crippen LogP contribution in [0.2, 0.25) is 5.02 Å². The van der Waals surface area contributed by atoms with Gasteiger partial charge in [0.2, 0.25) is 0 Å². The van der Waals surface area contributed by atoms with Crippen LogP contribution in [0.25, 0.3) is 0 Å². The maximum atomic E-state index is 12.1. The highest BCUT2D eigenvalue weighted by atomic mass is 35.5. The van der Waals surface area contributed by atoms with E-state index in [0.29, 0.717) is 28.9 Å². The molecule has 0 radical (unpaired) electrons. The van der Waals surface area contributed by atoms with E-state index in [2.05, 4.69) is 26.1 Å². The van der Waals surface area contributed by atoms with Gasteiger partial charge in [0.25, 0.3) is 11.7 Å². The Morgan fingerprint density at radius 3 is 2.60 bits per heavy atom. The number of hydrogen-bond donors (Lipinski definition) is 1. The summed E-state index contributed by atoms with van der Waals surface area (Å²) < 4.78 is 0. The quantitative estimate of drug-likeness (QED) is 0.849. The fourth-order valence-electron chi connectivity index (χ4n) is 2.26. The van der Waals surface area contributed by atoms with E-state index in [0.717, 1.165) is 6.54 Å². The molecule has 0 spiro atoms. The molecule has 1 aromatic carbocycles. The first-order valence-electron chi connectivity index (χ1n) is 6.79. The lowest BCUT2D eigenvalue weighted by Crippen LogP contribution is -2.38. The van der Waals surface area contributed by atoms with Gasteiger partial charge in [0.05, 0.1) is 11.3 Å². The molecular formula is C15H19ClN2O2. The molecular weight excluding hydrogens is 276 g/mol. The number of Topliss-reactive ketones (excluding diaryl/α,β-unsaturated/α-hetero) is 1. The number of benzene rings is 1. The van der Waals surface area contributed by atoms with Gasteiger partial charge < -0.3 is 10.2 Å². The lowest BCUT2D eigenvalue weighted by Gasteiger charge is -2.22. The molecule has 0 saturated heterocycles. The molecule has 0 saturated carbocycles. The largest absolute Gasteiger partial charge is 0.314 e. The number of carbonyl (C=O) groups excluding carboxylic acids is 2. The number of hydrogen-bond acceptors (Lipinski definition) is 3. The van der Waals surface area contributed by atoms with E-state index in [1.54, 1.807) is 18.2 Å². The fourth-order valence-corrected chi connectivity index (χ4v) is 2.43. The molecule has 1 N–H and O–H groups in total. The Morgan fingerprint density at radius 1 is 1.25 bits per heavy atom. The SMILES string of the molecule is CC(CNC(C)C)CN1C(=O)C(=O)c2ccc(Cl)cc21. The van der Waals surface area contributed by atoms with Crippen molar-refractivity contribution in [3.63, 3.8) is 0 Å². The lowest BCUT2D eigenvalue weighted by molar-refractivity contribution is -0.114. The third-order valence-corrected chi connectivity index (χ3v) is 3.54. The first-order valence-corrected chi connectivity index (χ1v) is 7.17. The predicted octanol–water partition coefficient (Wildman–Crippen LogP) is 2.50. The van der Waals surface area contributed by atoms with Crippen molar-refractivity contribution < 1.29 is 9.59 Å². The molecule has 4 nitrogen and oxygen atoms in total. The highest BCUT2D eigenvalue weighted by Crippen LogP contribution is 2.31. The minimum atomic E-state index is -0.460. The number of nitrogens with zero attached hydrogens (tertiary/aromatic N) is 1. The van der Waals surface area contributed by atoms with Crippen LogP contribution in [0.4, 0.5) is 5.69 Å². The van der Waals surface area contributed by atoms with E-state index in [1.165, 1.54) is 4.90 Å². The molecule has 1 aliphatic heterocycles. The van der Waals surface area contributed by atoms with Crippen LogP contribution in [-0.2, 0) is 4.79 Å². The summed E-state index contributed by atoms with van der Waals surface area (Å²) in [5.74, 6) is -0.654. The summed E-state index contributed by atoms with van der Waals surface area (Å²) >= 11 is 5.96. The van der Waals surface area contributed by atoms with Crippen LogP contribution in [0.1, 0.15) is 31.1 Å². The zero-order valence-corrected chi connectivity index (χ0v) is 12.7. The van der Waals surface area contributed by atoms with Gasteiger partial charge in [0, 0.05) is 17.6 Å². The standard InChI is InChI=1S/C15H19ClN2O2/c1-9(2)17-7-10(3)8-18-13-6-11(16)4-5-12(13)14(19)15(18)20/h4-6,9-10,17H,7-8H2,1-3H3. The van der Waals surface area contributed by atoms with Crippen molar-refractivity contribution in [2.75, 3.05) is 18.0 Å². The van der Waals surface area contributed by atoms with Crippen LogP contribution >= 0.6 is 11.6 Å². The smallest absolute Gasteiger partial charge is 0.299 e. The van der Waals surface area contributed by atoms with Gasteiger partial charge in [-0.3, -0.25) is 9.59 Å². The van der Waals surface area contributed by atoms with Crippen molar-refractivity contribution in [3.8, 4) is 0 Å². The number of amides is 1. The number of carbonyl (C=O) groups is 2. The van der Waals surface area contributed by atoms with E-state index in [1.807, 2.05) is 0 Å². The highest BCUT2D eigenvalue weighted by Gasteiger charge is 2.36. The van der Waals surface area contributed by atoms with E-state index in [4.69, 9.17) is 11.6 Å². The monoisotopic (exact) mass is 294 g/mol. The molecule has 5 heteroatoms. The van der Waals surface area contributed by atoms with E-state index in [9.17, 15) is 9.59 Å². The molecule has 1 amide bonds. The van der Waals surface area contributed by atoms with Gasteiger partial charge >= 0.3 is 0 Å². The van der Waals surface area contributed by atoms with Gasteiger partial charge in [-0.25, -0.2) is 0 Å². The number of fused-ring (bicyclic) bond motifs is 1. The molecule has 1 heterocycles. The second-order valence-corrected chi connectivity index (χ2v) is 6.01. The molecule has 2 rings (SSSR count). The van der Waals surface area contributed by atoms with E-state index < -0.39 is 11.7 Å². The maximum Gasteiger partial charge on any atom is 0.299 e. The topological polar surface area (TPSA) is 49.4 Å². The number of rotatable bonds is 5. The molecule has 1 aliphatic rings. The Bertz CT molecular complexity index is 543. The Hall–Kier alpha value is -1.39. The predicted molar refractivity (Wildman–Crippen MR) is 80.4 cm³/mol. The van der Waals surface area contributed by atoms with Crippen molar-refractivity contribution in [2.45, 2.75) is 26.8 Å². The van der Waals surface area contributed by atoms with Gasteiger partial charge in [-0.2, -0.15) is 0 Å². The third kappa shape index (κ3) is 3.02. The zero-order valence-electron chi connectivity index (χ0n) is 11.9. The Labute approximate surface area is 124 Å². The summed E-state index contributed by atoms with van der Waals surface area (Å²) in [5, 5.41) is 3.86. The van der Waals surface area contributed by atoms with E-state index in [-0.39, 0.29) is 5.92 Å². The van der Waals surface area contributed by atoms with Crippen LogP contribution < -0.4 is 10.2 Å². The van der Waals surface area contributed by atoms with Crippen LogP contribution in [0.3, 0.4) is 0 Å². The number of ketones is 1. The van der Waals surface area contributed by atoms with Crippen LogP contribution in [0.5, 0.6) is 0 Å². The van der Waals surface area contributed by atoms with Gasteiger partial charge in [-0.05, 0) is 30.7 Å². The molecule has 1 aromatic rings. The molecule has 20 heavy (non-hydrogen) atoms. The van der Waals surface area contributed by atoms with Gasteiger partial charge in [0.1, 0.15) is 0 Å². The summed E-state index contributed by atoms with van der Waals surface area (Å²) in [6.07, 6.45) is 0. The summed E-state index contributed by atoms with van der Waals surface area (Å²) in [6, 6.07) is 5.34. The minimum Gasteiger partial charge on any atom is -0.314 e. The Kier molecular flexibility index (Phi) is 4.45. The van der Waals surface area contributed by atoms with Crippen LogP contribution in [0.15, 0.2) is 18.2 Å². The third-order valence-electron chi connectivity index (χ3n) is 3.30. The summed E-state index contributed by atoms with van der Waals surface area (Å²) in [5.41, 5.74) is 1.08. The fraction of sp³-hybridized carbons (Fsp3) is 0.467. The molecule has 108 valence electrons. The number of halogens is 1. The Morgan fingerprint density at radius 2 is 1.95 bits per heavy atom. The molecule has 0 aromatic heterocycles. The van der Waals surface area contributed by atoms with Gasteiger partial charge in [0.15, 0.2) is 0 Å². The zero-order chi connectivity index (χ0) is 14.9. The normalized spacial score (nSPS) is 15.9. The first kappa shape index (κ1) is 15.0. The maximum absolute atomic E-state index is 12.1. The van der Waals surface area contributed by atoms with Crippen molar-refractivity contribution in [3.05, 3.63) is 28.8 Å². The minimum absolute atomic E-state index is 0.249. The molecule has 0 fully saturated rings. The van der Waals surface area contributed by atoms with Gasteiger partial charge in [-0.1, -0.05) is 32.4 Å². The average molecular weight is 295 g/mol. The second-order valence-electron chi connectivity index (χ2n) is 5.57. The van der Waals surface area contributed by atoms with Crippen molar-refractivity contribution >= 4 is 29.0 Å². The summed E-state index contributed by atoms with van der Waals surface area (Å²) in [6.45, 7) is 7.51. The van der Waals surface area contributed by atoms with Gasteiger partial charge in [-0.15, -0.1) is 0 Å². The van der Waals surface area contributed by atoms with Crippen molar-refractivity contribution in [1.82, 2.24) is 5.32 Å². The second kappa shape index (κ2) is 5.94. The molecule has 0 bridgehead atoms. The summed E-state index contributed by atoms with van der Waals surface area (Å²) in [4.78, 5) is 25.5. The molecule has 0 aliphatic carbocycles. The van der Waals surface area contributed by atoms with Crippen molar-refractivity contribution in [1.29, 1.82) is 0 Å². The average Bonchev–Trinajstić information content (AvgIpc) is 2.61. The number of anilines is 1. The number of nitrogens with one attached hydrogen (secondary N) is 1. The van der Waals surface area contributed by atoms with Crippen LogP contribution in [0, 0.1) is 5.92 Å². The van der Waals surface area contributed by atoms with E-state index >= 15 is 0 Å². The molecule has 1 atom stereocenters. The summed E-state index contributed by atoms with van der Waals surface area (Å²) in [7, 11) is 0. The van der Waals surface area contributed by atoms with Crippen LogP contribution in [-0.4, -0.2) is 30.8 Å². The highest BCUT2D eigenvalue weighted by molar-refractivity contribution is 6.52. The van der Waals surface area contributed by atoms with Crippen molar-refractivity contribution in [2.24, 2.45) is 5.92 Å². The Balaban J connectivity index is 2.15. The molecule has 1 unspecified atom stereocenters. The first-order chi connectivity index (χ1) is 9.40.